The molecule has 1 atom stereocenters. The quantitative estimate of drug-likeness (QED) is 0.869. The van der Waals surface area contributed by atoms with Crippen LogP contribution in [0.1, 0.15) is 18.6 Å². The monoisotopic (exact) mass is 253 g/mol. The molecule has 0 saturated heterocycles. The molecule has 18 heavy (non-hydrogen) atoms. The third-order valence-electron chi connectivity index (χ3n) is 2.50. The second kappa shape index (κ2) is 6.86. The molecular weight excluding hydrogens is 234 g/mol. The van der Waals surface area contributed by atoms with Crippen molar-refractivity contribution in [3.63, 3.8) is 0 Å². The number of carbonyl (C=O) groups excluding carboxylic acids is 1. The van der Waals surface area contributed by atoms with Crippen molar-refractivity contribution >= 4 is 6.09 Å². The van der Waals surface area contributed by atoms with Crippen LogP contribution >= 0.6 is 0 Å². The topological polar surface area (TPSA) is 59.0 Å². The Kier molecular flexibility index (Phi) is 5.45. The van der Waals surface area contributed by atoms with E-state index in [4.69, 9.17) is 9.47 Å². The first-order valence-corrected chi connectivity index (χ1v) is 5.78. The lowest BCUT2D eigenvalue weighted by atomic mass is 10.1. The number of methoxy groups -OCH3 is 1. The maximum absolute atomic E-state index is 11.4. The summed E-state index contributed by atoms with van der Waals surface area (Å²) in [5, 5.41) is 10.0. The van der Waals surface area contributed by atoms with Crippen molar-refractivity contribution in [2.45, 2.75) is 13.0 Å². The molecule has 1 aromatic carbocycles. The zero-order valence-electron chi connectivity index (χ0n) is 10.9. The largest absolute Gasteiger partial charge is 0.497 e. The van der Waals surface area contributed by atoms with Gasteiger partial charge in [0.15, 0.2) is 0 Å². The fourth-order valence-corrected chi connectivity index (χ4v) is 1.52. The molecule has 5 nitrogen and oxygen atoms in total. The number of hydrogen-bond acceptors (Lipinski definition) is 4. The van der Waals surface area contributed by atoms with Crippen molar-refractivity contribution in [1.29, 1.82) is 0 Å². The molecule has 0 saturated carbocycles. The maximum Gasteiger partial charge on any atom is 0.409 e. The smallest absolute Gasteiger partial charge is 0.409 e. The minimum Gasteiger partial charge on any atom is -0.497 e. The summed E-state index contributed by atoms with van der Waals surface area (Å²) in [6.45, 7) is 2.23. The van der Waals surface area contributed by atoms with Crippen molar-refractivity contribution in [1.82, 2.24) is 4.90 Å². The lowest BCUT2D eigenvalue weighted by Crippen LogP contribution is -2.31. The molecule has 0 aliphatic heterocycles. The highest BCUT2D eigenvalue weighted by molar-refractivity contribution is 5.67. The van der Waals surface area contributed by atoms with Crippen LogP contribution in [0.5, 0.6) is 5.75 Å². The van der Waals surface area contributed by atoms with E-state index >= 15 is 0 Å². The summed E-state index contributed by atoms with van der Waals surface area (Å²) in [4.78, 5) is 12.7. The molecule has 0 aliphatic rings. The van der Waals surface area contributed by atoms with E-state index in [1.165, 1.54) is 4.90 Å². The van der Waals surface area contributed by atoms with E-state index in [-0.39, 0.29) is 6.54 Å². The number of aliphatic hydroxyl groups excluding tert-OH is 1. The standard InChI is InChI=1S/C13H19NO4/c1-4-18-13(16)14(2)9-12(15)10-6-5-7-11(8-10)17-3/h5-8,12,15H,4,9H2,1-3H3. The molecule has 0 radical (unpaired) electrons. The van der Waals surface area contributed by atoms with Crippen LogP contribution in [0.2, 0.25) is 0 Å². The van der Waals surface area contributed by atoms with E-state index in [0.717, 1.165) is 0 Å². The minimum atomic E-state index is -0.769. The molecule has 0 aliphatic carbocycles. The molecule has 1 N–H and O–H groups in total. The van der Waals surface area contributed by atoms with Crippen LogP contribution in [0.3, 0.4) is 0 Å². The molecule has 0 fully saturated rings. The number of ether oxygens (including phenoxy) is 2. The summed E-state index contributed by atoms with van der Waals surface area (Å²) in [7, 11) is 3.15. The van der Waals surface area contributed by atoms with Gasteiger partial charge in [-0.2, -0.15) is 0 Å². The zero-order valence-corrected chi connectivity index (χ0v) is 10.9. The van der Waals surface area contributed by atoms with Crippen LogP contribution in [0.4, 0.5) is 4.79 Å². The second-order valence-corrected chi connectivity index (χ2v) is 3.87. The summed E-state index contributed by atoms with van der Waals surface area (Å²) in [6, 6.07) is 7.11. The number of amides is 1. The van der Waals surface area contributed by atoms with Crippen molar-refractivity contribution in [3.8, 4) is 5.75 Å². The highest BCUT2D eigenvalue weighted by Crippen LogP contribution is 2.19. The molecule has 0 aromatic heterocycles. The molecule has 1 aromatic rings. The van der Waals surface area contributed by atoms with Gasteiger partial charge in [0.05, 0.1) is 26.4 Å². The minimum absolute atomic E-state index is 0.173. The predicted octanol–water partition coefficient (Wildman–Crippen LogP) is 1.82. The van der Waals surface area contributed by atoms with Gasteiger partial charge in [0.2, 0.25) is 0 Å². The first-order chi connectivity index (χ1) is 8.58. The SMILES string of the molecule is CCOC(=O)N(C)CC(O)c1cccc(OC)c1. The Bertz CT molecular complexity index is 394. The lowest BCUT2D eigenvalue weighted by Gasteiger charge is -2.20. The first-order valence-electron chi connectivity index (χ1n) is 5.78. The van der Waals surface area contributed by atoms with Crippen molar-refractivity contribution in [3.05, 3.63) is 29.8 Å². The Balaban J connectivity index is 2.63. The van der Waals surface area contributed by atoms with Gasteiger partial charge in [0.25, 0.3) is 0 Å². The van der Waals surface area contributed by atoms with Crippen LogP contribution in [0.25, 0.3) is 0 Å². The third-order valence-corrected chi connectivity index (χ3v) is 2.50. The van der Waals surface area contributed by atoms with Crippen molar-refractivity contribution in [2.75, 3.05) is 27.3 Å². The average Bonchev–Trinajstić information content (AvgIpc) is 2.39. The number of likely N-dealkylation sites (N-methyl/N-ethyl adjacent to an activating group) is 1. The van der Waals surface area contributed by atoms with Gasteiger partial charge in [-0.15, -0.1) is 0 Å². The molecule has 5 heteroatoms. The van der Waals surface area contributed by atoms with Crippen molar-refractivity contribution < 1.29 is 19.4 Å². The number of hydrogen-bond donors (Lipinski definition) is 1. The van der Waals surface area contributed by atoms with Gasteiger partial charge in [0, 0.05) is 7.05 Å². The summed E-state index contributed by atoms with van der Waals surface area (Å²) in [6.07, 6.45) is -1.21. The van der Waals surface area contributed by atoms with Crippen LogP contribution in [-0.4, -0.2) is 43.4 Å². The Hall–Kier alpha value is -1.75. The number of benzene rings is 1. The van der Waals surface area contributed by atoms with Gasteiger partial charge in [-0.3, -0.25) is 0 Å². The van der Waals surface area contributed by atoms with Crippen LogP contribution in [-0.2, 0) is 4.74 Å². The van der Waals surface area contributed by atoms with E-state index in [1.807, 2.05) is 0 Å². The molecule has 100 valence electrons. The zero-order chi connectivity index (χ0) is 13.5. The van der Waals surface area contributed by atoms with E-state index in [9.17, 15) is 9.90 Å². The summed E-state index contributed by atoms with van der Waals surface area (Å²) >= 11 is 0. The van der Waals surface area contributed by atoms with Crippen LogP contribution in [0, 0.1) is 0 Å². The Labute approximate surface area is 107 Å². The van der Waals surface area contributed by atoms with E-state index in [0.29, 0.717) is 17.9 Å². The maximum atomic E-state index is 11.4. The molecule has 1 amide bonds. The van der Waals surface area contributed by atoms with Gasteiger partial charge in [-0.05, 0) is 24.6 Å². The fraction of sp³-hybridized carbons (Fsp3) is 0.462. The Morgan fingerprint density at radius 2 is 2.22 bits per heavy atom. The van der Waals surface area contributed by atoms with E-state index in [1.54, 1.807) is 45.3 Å². The molecule has 1 unspecified atom stereocenters. The predicted molar refractivity (Wildman–Crippen MR) is 67.6 cm³/mol. The van der Waals surface area contributed by atoms with Crippen LogP contribution < -0.4 is 4.74 Å². The molecular formula is C13H19NO4. The highest BCUT2D eigenvalue weighted by Gasteiger charge is 2.16. The van der Waals surface area contributed by atoms with Crippen molar-refractivity contribution in [2.24, 2.45) is 0 Å². The molecule has 1 rings (SSSR count). The van der Waals surface area contributed by atoms with Gasteiger partial charge in [-0.1, -0.05) is 12.1 Å². The van der Waals surface area contributed by atoms with Gasteiger partial charge in [-0.25, -0.2) is 4.79 Å². The van der Waals surface area contributed by atoms with Gasteiger partial charge >= 0.3 is 6.09 Å². The van der Waals surface area contributed by atoms with Gasteiger partial charge in [0.1, 0.15) is 5.75 Å². The molecule has 0 spiro atoms. The Morgan fingerprint density at radius 1 is 1.50 bits per heavy atom. The summed E-state index contributed by atoms with van der Waals surface area (Å²) in [5.74, 6) is 0.672. The average molecular weight is 253 g/mol. The normalized spacial score (nSPS) is 11.8. The fourth-order valence-electron chi connectivity index (χ4n) is 1.52. The number of aliphatic hydroxyl groups is 1. The lowest BCUT2D eigenvalue weighted by molar-refractivity contribution is 0.0861. The van der Waals surface area contributed by atoms with E-state index < -0.39 is 12.2 Å². The van der Waals surface area contributed by atoms with E-state index in [2.05, 4.69) is 0 Å². The number of nitrogens with zero attached hydrogens (tertiary/aromatic N) is 1. The Morgan fingerprint density at radius 3 is 2.83 bits per heavy atom. The first kappa shape index (κ1) is 14.3. The van der Waals surface area contributed by atoms with Gasteiger partial charge < -0.3 is 19.5 Å². The number of carbonyl (C=O) groups is 1. The number of rotatable bonds is 5. The molecule has 0 heterocycles. The molecule has 0 bridgehead atoms. The summed E-state index contributed by atoms with van der Waals surface area (Å²) < 4.78 is 9.92. The highest BCUT2D eigenvalue weighted by atomic mass is 16.6. The second-order valence-electron chi connectivity index (χ2n) is 3.87. The third kappa shape index (κ3) is 3.92. The van der Waals surface area contributed by atoms with Crippen LogP contribution in [0.15, 0.2) is 24.3 Å². The summed E-state index contributed by atoms with van der Waals surface area (Å²) in [5.41, 5.74) is 0.700.